The minimum Gasteiger partial charge on any atom is -0.0866 e. The van der Waals surface area contributed by atoms with Gasteiger partial charge in [-0.3, -0.25) is 0 Å². The van der Waals surface area contributed by atoms with E-state index in [2.05, 4.69) is 17.0 Å². The van der Waals surface area contributed by atoms with Crippen LogP contribution in [0.4, 0.5) is 0 Å². The van der Waals surface area contributed by atoms with E-state index in [9.17, 15) is 0 Å². The van der Waals surface area contributed by atoms with Gasteiger partial charge in [0.05, 0.1) is 0 Å². The van der Waals surface area contributed by atoms with Gasteiger partial charge in [0.15, 0.2) is 0 Å². The largest absolute Gasteiger partial charge is 0.267 e. The smallest absolute Gasteiger partial charge is 0.0866 e. The first-order valence-corrected chi connectivity index (χ1v) is 3.34. The van der Waals surface area contributed by atoms with Crippen LogP contribution in [0.1, 0.15) is 5.56 Å². The van der Waals surface area contributed by atoms with Gasteiger partial charge in [0.2, 0.25) is 0 Å². The molecule has 0 radical (unpaired) electrons. The molecule has 0 bridgehead atoms. The summed E-state index contributed by atoms with van der Waals surface area (Å²) in [4.78, 5) is 3.53. The molecule has 1 nitrogen and oxygen atoms in total. The summed E-state index contributed by atoms with van der Waals surface area (Å²) in [5.41, 5.74) is 1.29. The lowest BCUT2D eigenvalue weighted by Gasteiger charge is -1.89. The van der Waals surface area contributed by atoms with Crippen LogP contribution in [-0.4, -0.2) is 6.54 Å². The van der Waals surface area contributed by atoms with Crippen LogP contribution >= 0.6 is 0 Å². The van der Waals surface area contributed by atoms with Crippen LogP contribution < -0.4 is 0 Å². The molecule has 0 atom stereocenters. The predicted molar refractivity (Wildman–Crippen MR) is 43.3 cm³/mol. The summed E-state index contributed by atoms with van der Waals surface area (Å²) < 4.78 is 0. The SMILES string of the molecule is C#[N+]CCc1ccccc1. The molecular weight excluding hydrogens is 122 g/mol. The minimum absolute atomic E-state index is 0.712. The van der Waals surface area contributed by atoms with Crippen molar-refractivity contribution >= 4 is 0 Å². The van der Waals surface area contributed by atoms with E-state index in [1.807, 2.05) is 18.2 Å². The molecule has 0 unspecified atom stereocenters. The molecule has 10 heavy (non-hydrogen) atoms. The van der Waals surface area contributed by atoms with E-state index in [1.165, 1.54) is 5.56 Å². The average Bonchev–Trinajstić information content (AvgIpc) is 2.03. The van der Waals surface area contributed by atoms with Gasteiger partial charge in [-0.2, -0.15) is 0 Å². The lowest BCUT2D eigenvalue weighted by molar-refractivity contribution is 1.08. The highest BCUT2D eigenvalue weighted by Gasteiger charge is 1.92. The standard InChI is InChI=1S/C9H10N/c1-10-8-7-9-5-3-2-4-6-9/h1-6H,7-8H2/q+1. The van der Waals surface area contributed by atoms with Crippen molar-refractivity contribution in [2.24, 2.45) is 0 Å². The maximum Gasteiger partial charge on any atom is 0.267 e. The van der Waals surface area contributed by atoms with Crippen LogP contribution in [-0.2, 0) is 6.42 Å². The lowest BCUT2D eigenvalue weighted by atomic mass is 10.2. The third-order valence-corrected chi connectivity index (χ3v) is 1.37. The molecule has 0 saturated heterocycles. The summed E-state index contributed by atoms with van der Waals surface area (Å²) in [5.74, 6) is 0. The Hall–Kier alpha value is -1.29. The quantitative estimate of drug-likeness (QED) is 0.581. The topological polar surface area (TPSA) is 4.36 Å². The van der Waals surface area contributed by atoms with Crippen LogP contribution in [0, 0.1) is 6.57 Å². The van der Waals surface area contributed by atoms with Gasteiger partial charge >= 0.3 is 0 Å². The van der Waals surface area contributed by atoms with Gasteiger partial charge in [-0.05, 0) is 5.56 Å². The first-order valence-electron chi connectivity index (χ1n) is 3.34. The van der Waals surface area contributed by atoms with E-state index in [4.69, 9.17) is 6.57 Å². The Morgan fingerprint density at radius 1 is 1.20 bits per heavy atom. The summed E-state index contributed by atoms with van der Waals surface area (Å²) in [6, 6.07) is 10.2. The molecule has 0 aliphatic rings. The zero-order valence-corrected chi connectivity index (χ0v) is 5.83. The zero-order valence-electron chi connectivity index (χ0n) is 5.83. The highest BCUT2D eigenvalue weighted by atomic mass is 14.6. The minimum atomic E-state index is 0.712. The molecule has 0 aromatic heterocycles. The summed E-state index contributed by atoms with van der Waals surface area (Å²) in [6.45, 7) is 5.71. The van der Waals surface area contributed by atoms with E-state index in [0.717, 1.165) is 6.42 Å². The van der Waals surface area contributed by atoms with Crippen molar-refractivity contribution in [1.82, 2.24) is 0 Å². The molecule has 50 valence electrons. The highest BCUT2D eigenvalue weighted by Crippen LogP contribution is 1.98. The third-order valence-electron chi connectivity index (χ3n) is 1.37. The summed E-state index contributed by atoms with van der Waals surface area (Å²) in [6.07, 6.45) is 0.942. The third kappa shape index (κ3) is 1.91. The molecule has 1 aromatic rings. The van der Waals surface area contributed by atoms with Crippen LogP contribution in [0.2, 0.25) is 0 Å². The van der Waals surface area contributed by atoms with Crippen LogP contribution in [0.3, 0.4) is 0 Å². The number of hydrogen-bond donors (Lipinski definition) is 0. The van der Waals surface area contributed by atoms with E-state index >= 15 is 0 Å². The first-order chi connectivity index (χ1) is 4.93. The van der Waals surface area contributed by atoms with E-state index in [1.54, 1.807) is 0 Å². The fourth-order valence-corrected chi connectivity index (χ4v) is 0.838. The van der Waals surface area contributed by atoms with E-state index in [0.29, 0.717) is 6.54 Å². The Labute approximate surface area is 61.1 Å². The predicted octanol–water partition coefficient (Wildman–Crippen LogP) is 2.19. The Balaban J connectivity index is 2.52. The van der Waals surface area contributed by atoms with Crippen molar-refractivity contribution in [3.8, 4) is 6.57 Å². The van der Waals surface area contributed by atoms with Crippen molar-refractivity contribution in [2.45, 2.75) is 6.42 Å². The Morgan fingerprint density at radius 2 is 1.90 bits per heavy atom. The van der Waals surface area contributed by atoms with Gasteiger partial charge in [-0.15, -0.1) is 0 Å². The van der Waals surface area contributed by atoms with E-state index in [-0.39, 0.29) is 0 Å². The normalized spacial score (nSPS) is 8.70. The van der Waals surface area contributed by atoms with Crippen LogP contribution in [0.25, 0.3) is 4.85 Å². The average molecular weight is 132 g/mol. The maximum atomic E-state index is 5.00. The Kier molecular flexibility index (Phi) is 2.51. The van der Waals surface area contributed by atoms with Gasteiger partial charge in [0, 0.05) is 6.42 Å². The van der Waals surface area contributed by atoms with Gasteiger partial charge in [-0.25, -0.2) is 0 Å². The monoisotopic (exact) mass is 132 g/mol. The maximum absolute atomic E-state index is 5.00. The van der Waals surface area contributed by atoms with Gasteiger partial charge in [0.1, 0.15) is 0 Å². The number of nitrogens with zero attached hydrogens (tertiary/aromatic N) is 1. The van der Waals surface area contributed by atoms with Crippen molar-refractivity contribution in [3.05, 3.63) is 40.7 Å². The second kappa shape index (κ2) is 3.68. The van der Waals surface area contributed by atoms with Crippen molar-refractivity contribution in [1.29, 1.82) is 0 Å². The number of benzene rings is 1. The molecule has 1 heteroatoms. The Bertz CT molecular complexity index is 220. The fourth-order valence-electron chi connectivity index (χ4n) is 0.838. The summed E-state index contributed by atoms with van der Waals surface area (Å²) in [5, 5.41) is 0. The summed E-state index contributed by atoms with van der Waals surface area (Å²) in [7, 11) is 0. The fraction of sp³-hybridized carbons (Fsp3) is 0.222. The highest BCUT2D eigenvalue weighted by molar-refractivity contribution is 5.15. The van der Waals surface area contributed by atoms with Crippen molar-refractivity contribution < 1.29 is 0 Å². The molecule has 0 aliphatic heterocycles. The van der Waals surface area contributed by atoms with Crippen LogP contribution in [0.5, 0.6) is 0 Å². The van der Waals surface area contributed by atoms with Gasteiger partial charge in [0.25, 0.3) is 13.1 Å². The second-order valence-electron chi connectivity index (χ2n) is 2.14. The van der Waals surface area contributed by atoms with E-state index < -0.39 is 0 Å². The van der Waals surface area contributed by atoms with Gasteiger partial charge in [-0.1, -0.05) is 35.2 Å². The van der Waals surface area contributed by atoms with Gasteiger partial charge < -0.3 is 0 Å². The van der Waals surface area contributed by atoms with Crippen molar-refractivity contribution in [2.75, 3.05) is 6.54 Å². The number of hydrogen-bond acceptors (Lipinski definition) is 0. The molecule has 0 N–H and O–H groups in total. The Morgan fingerprint density at radius 3 is 2.50 bits per heavy atom. The summed E-state index contributed by atoms with van der Waals surface area (Å²) >= 11 is 0. The van der Waals surface area contributed by atoms with Crippen molar-refractivity contribution in [3.63, 3.8) is 0 Å². The molecule has 0 amide bonds. The second-order valence-corrected chi connectivity index (χ2v) is 2.14. The molecule has 0 fully saturated rings. The zero-order chi connectivity index (χ0) is 7.23. The molecule has 1 rings (SSSR count). The lowest BCUT2D eigenvalue weighted by Crippen LogP contribution is -1.85. The first kappa shape index (κ1) is 6.82. The molecule has 0 saturated carbocycles. The van der Waals surface area contributed by atoms with Crippen LogP contribution in [0.15, 0.2) is 30.3 Å². The molecular formula is C9H10N+. The molecule has 0 heterocycles. The molecule has 0 aliphatic carbocycles. The molecule has 0 spiro atoms. The molecule has 1 aromatic carbocycles. The number of rotatable bonds is 2.